The SMILES string of the molecule is O=C(CC(F)(F)F)NOCC(F)(F)F. The van der Waals surface area contributed by atoms with Gasteiger partial charge in [0.2, 0.25) is 0 Å². The van der Waals surface area contributed by atoms with Gasteiger partial charge in [0.15, 0.2) is 6.61 Å². The third-order valence-corrected chi connectivity index (χ3v) is 0.783. The van der Waals surface area contributed by atoms with Crippen LogP contribution in [0.25, 0.3) is 0 Å². The second-order valence-corrected chi connectivity index (χ2v) is 2.22. The number of rotatable bonds is 3. The number of hydroxylamine groups is 1. The summed E-state index contributed by atoms with van der Waals surface area (Å²) in [5.74, 6) is -1.68. The average molecular weight is 225 g/mol. The Hall–Kier alpha value is -0.990. The molecule has 9 heteroatoms. The van der Waals surface area contributed by atoms with E-state index in [1.165, 1.54) is 0 Å². The van der Waals surface area contributed by atoms with Gasteiger partial charge in [-0.05, 0) is 0 Å². The highest BCUT2D eigenvalue weighted by atomic mass is 19.4. The zero-order valence-corrected chi connectivity index (χ0v) is 6.50. The van der Waals surface area contributed by atoms with E-state index in [-0.39, 0.29) is 0 Å². The highest BCUT2D eigenvalue weighted by Crippen LogP contribution is 2.19. The molecule has 0 rings (SSSR count). The van der Waals surface area contributed by atoms with Gasteiger partial charge in [-0.2, -0.15) is 26.3 Å². The molecule has 1 N–H and O–H groups in total. The lowest BCUT2D eigenvalue weighted by Gasteiger charge is -2.09. The third-order valence-electron chi connectivity index (χ3n) is 0.783. The summed E-state index contributed by atoms with van der Waals surface area (Å²) >= 11 is 0. The zero-order valence-electron chi connectivity index (χ0n) is 6.50. The van der Waals surface area contributed by atoms with E-state index in [9.17, 15) is 31.1 Å². The fourth-order valence-electron chi connectivity index (χ4n) is 0.417. The topological polar surface area (TPSA) is 38.3 Å². The first-order valence-electron chi connectivity index (χ1n) is 3.14. The first-order valence-corrected chi connectivity index (χ1v) is 3.14. The Morgan fingerprint density at radius 1 is 1.07 bits per heavy atom. The summed E-state index contributed by atoms with van der Waals surface area (Å²) in [7, 11) is 0. The average Bonchev–Trinajstić information content (AvgIpc) is 1.78. The van der Waals surface area contributed by atoms with Crippen molar-refractivity contribution in [2.45, 2.75) is 18.8 Å². The molecule has 0 fully saturated rings. The predicted octanol–water partition coefficient (Wildman–Crippen LogP) is 1.55. The van der Waals surface area contributed by atoms with Gasteiger partial charge in [-0.25, -0.2) is 5.48 Å². The van der Waals surface area contributed by atoms with Crippen LogP contribution in [0.5, 0.6) is 0 Å². The molecule has 0 saturated heterocycles. The summed E-state index contributed by atoms with van der Waals surface area (Å²) in [5, 5.41) is 0. The van der Waals surface area contributed by atoms with E-state index in [0.717, 1.165) is 5.48 Å². The van der Waals surface area contributed by atoms with Crippen LogP contribution in [0.3, 0.4) is 0 Å². The summed E-state index contributed by atoms with van der Waals surface area (Å²) in [6.45, 7) is -1.84. The van der Waals surface area contributed by atoms with E-state index in [4.69, 9.17) is 0 Å². The maximum absolute atomic E-state index is 11.4. The lowest BCUT2D eigenvalue weighted by atomic mass is 10.4. The molecule has 0 aliphatic carbocycles. The van der Waals surface area contributed by atoms with Gasteiger partial charge in [0.1, 0.15) is 6.42 Å². The number of carbonyl (C=O) groups excluding carboxylic acids is 1. The minimum atomic E-state index is -4.77. The normalized spacial score (nSPS) is 12.7. The minimum absolute atomic E-state index is 1.02. The van der Waals surface area contributed by atoms with Crippen LogP contribution in [0.4, 0.5) is 26.3 Å². The number of carbonyl (C=O) groups is 1. The molecule has 3 nitrogen and oxygen atoms in total. The Kier molecular flexibility index (Phi) is 4.17. The van der Waals surface area contributed by atoms with Gasteiger partial charge in [0.05, 0.1) is 0 Å². The fraction of sp³-hybridized carbons (Fsp3) is 0.800. The summed E-state index contributed by atoms with van der Waals surface area (Å²) in [6, 6.07) is 0. The summed E-state index contributed by atoms with van der Waals surface area (Å²) in [5.41, 5.74) is 1.02. The molecule has 0 atom stereocenters. The van der Waals surface area contributed by atoms with Gasteiger partial charge in [-0.1, -0.05) is 0 Å². The second-order valence-electron chi connectivity index (χ2n) is 2.22. The molecule has 0 unspecified atom stereocenters. The molecule has 1 amide bonds. The largest absolute Gasteiger partial charge is 0.414 e. The zero-order chi connectivity index (χ0) is 11.4. The molecular weight excluding hydrogens is 220 g/mol. The van der Waals surface area contributed by atoms with Gasteiger partial charge in [-0.3, -0.25) is 9.63 Å². The van der Waals surface area contributed by atoms with Crippen LogP contribution in [0.15, 0.2) is 0 Å². The van der Waals surface area contributed by atoms with Crippen molar-refractivity contribution in [1.29, 1.82) is 0 Å². The van der Waals surface area contributed by atoms with Crippen molar-refractivity contribution < 1.29 is 36.0 Å². The number of amides is 1. The highest BCUT2D eigenvalue weighted by Gasteiger charge is 2.32. The summed E-state index contributed by atoms with van der Waals surface area (Å²) < 4.78 is 68.3. The first kappa shape index (κ1) is 13.0. The smallest absolute Gasteiger partial charge is 0.272 e. The van der Waals surface area contributed by atoms with Crippen LogP contribution in [0, 0.1) is 0 Å². The molecule has 0 aliphatic heterocycles. The van der Waals surface area contributed by atoms with Crippen LogP contribution < -0.4 is 5.48 Å². The van der Waals surface area contributed by atoms with E-state index in [2.05, 4.69) is 4.84 Å². The third kappa shape index (κ3) is 9.10. The van der Waals surface area contributed by atoms with Gasteiger partial charge in [0.25, 0.3) is 5.91 Å². The Balaban J connectivity index is 3.66. The van der Waals surface area contributed by atoms with Gasteiger partial charge in [-0.15, -0.1) is 0 Å². The van der Waals surface area contributed by atoms with Crippen molar-refractivity contribution >= 4 is 5.91 Å². The van der Waals surface area contributed by atoms with E-state index < -0.39 is 31.3 Å². The van der Waals surface area contributed by atoms with E-state index in [1.54, 1.807) is 0 Å². The van der Waals surface area contributed by atoms with Crippen molar-refractivity contribution in [3.63, 3.8) is 0 Å². The molecule has 14 heavy (non-hydrogen) atoms. The molecule has 0 bridgehead atoms. The van der Waals surface area contributed by atoms with E-state index in [0.29, 0.717) is 0 Å². The van der Waals surface area contributed by atoms with Crippen molar-refractivity contribution in [3.8, 4) is 0 Å². The van der Waals surface area contributed by atoms with E-state index in [1.807, 2.05) is 0 Å². The molecule has 0 spiro atoms. The van der Waals surface area contributed by atoms with Crippen LogP contribution in [0.2, 0.25) is 0 Å². The first-order chi connectivity index (χ1) is 6.10. The Labute approximate surface area is 74.0 Å². The van der Waals surface area contributed by atoms with Crippen molar-refractivity contribution in [1.82, 2.24) is 5.48 Å². The van der Waals surface area contributed by atoms with Gasteiger partial charge >= 0.3 is 12.4 Å². The monoisotopic (exact) mass is 225 g/mol. The molecule has 0 aromatic carbocycles. The molecule has 0 heterocycles. The lowest BCUT2D eigenvalue weighted by Crippen LogP contribution is -2.32. The predicted molar refractivity (Wildman–Crippen MR) is 30.8 cm³/mol. The lowest BCUT2D eigenvalue weighted by molar-refractivity contribution is -0.196. The second kappa shape index (κ2) is 4.49. The quantitative estimate of drug-likeness (QED) is 0.584. The molecule has 0 aromatic rings. The molecule has 0 aliphatic rings. The molecule has 84 valence electrons. The minimum Gasteiger partial charge on any atom is -0.272 e. The maximum atomic E-state index is 11.4. The van der Waals surface area contributed by atoms with Crippen LogP contribution in [0.1, 0.15) is 6.42 Å². The molecule has 0 radical (unpaired) electrons. The van der Waals surface area contributed by atoms with Crippen molar-refractivity contribution in [2.24, 2.45) is 0 Å². The van der Waals surface area contributed by atoms with Crippen molar-refractivity contribution in [3.05, 3.63) is 0 Å². The summed E-state index contributed by atoms with van der Waals surface area (Å²) in [6.07, 6.45) is -11.4. The van der Waals surface area contributed by atoms with Crippen molar-refractivity contribution in [2.75, 3.05) is 6.61 Å². The van der Waals surface area contributed by atoms with Crippen LogP contribution in [-0.4, -0.2) is 24.9 Å². The van der Waals surface area contributed by atoms with Gasteiger partial charge < -0.3 is 0 Å². The molecular formula is C5H5F6NO2. The van der Waals surface area contributed by atoms with E-state index >= 15 is 0 Å². The number of hydrogen-bond acceptors (Lipinski definition) is 2. The number of nitrogens with one attached hydrogen (secondary N) is 1. The Morgan fingerprint density at radius 3 is 1.93 bits per heavy atom. The summed E-state index contributed by atoms with van der Waals surface area (Å²) in [4.78, 5) is 13.7. The fourth-order valence-corrected chi connectivity index (χ4v) is 0.417. The number of alkyl halides is 6. The highest BCUT2D eigenvalue weighted by molar-refractivity contribution is 5.75. The Bertz CT molecular complexity index is 197. The molecule has 0 aromatic heterocycles. The number of halogens is 6. The van der Waals surface area contributed by atoms with Gasteiger partial charge in [0, 0.05) is 0 Å². The maximum Gasteiger partial charge on any atom is 0.414 e. The van der Waals surface area contributed by atoms with Crippen LogP contribution in [-0.2, 0) is 9.63 Å². The van der Waals surface area contributed by atoms with Crippen LogP contribution >= 0.6 is 0 Å². The Morgan fingerprint density at radius 2 is 1.57 bits per heavy atom. The standard InChI is InChI=1S/C5H5F6NO2/c6-4(7,8)1-3(13)12-14-2-5(9,10)11/h1-2H2,(H,12,13). The molecule has 0 saturated carbocycles. The number of hydrogen-bond donors (Lipinski definition) is 1.